The molecule has 112 valence electrons. The third-order valence-corrected chi connectivity index (χ3v) is 5.32. The van der Waals surface area contributed by atoms with E-state index in [-0.39, 0.29) is 5.91 Å². The molecule has 1 heterocycles. The van der Waals surface area contributed by atoms with E-state index < -0.39 is 0 Å². The van der Waals surface area contributed by atoms with Gasteiger partial charge in [0, 0.05) is 6.42 Å². The zero-order valence-electron chi connectivity index (χ0n) is 12.3. The Kier molecular flexibility index (Phi) is 4.86. The number of fused-ring (bicyclic) bond motifs is 1. The summed E-state index contributed by atoms with van der Waals surface area (Å²) in [5, 5.41) is 4.00. The summed E-state index contributed by atoms with van der Waals surface area (Å²) in [7, 11) is 0. The summed E-state index contributed by atoms with van der Waals surface area (Å²) in [6.07, 6.45) is 8.40. The molecule has 2 aromatic rings. The van der Waals surface area contributed by atoms with Gasteiger partial charge in [-0.2, -0.15) is 0 Å². The van der Waals surface area contributed by atoms with Crippen LogP contribution in [0.15, 0.2) is 24.3 Å². The van der Waals surface area contributed by atoms with Crippen LogP contribution >= 0.6 is 11.3 Å². The van der Waals surface area contributed by atoms with Crippen LogP contribution in [-0.2, 0) is 11.3 Å². The Labute approximate surface area is 129 Å². The maximum Gasteiger partial charge on any atom is 0.220 e. The summed E-state index contributed by atoms with van der Waals surface area (Å²) in [4.78, 5) is 16.5. The number of thiazole rings is 1. The van der Waals surface area contributed by atoms with Crippen LogP contribution in [0.1, 0.15) is 50.0 Å². The summed E-state index contributed by atoms with van der Waals surface area (Å²) in [6.45, 7) is 0.558. The number of amides is 1. The number of para-hydroxylation sites is 1. The first-order chi connectivity index (χ1) is 10.3. The molecule has 1 aromatic heterocycles. The molecule has 1 N–H and O–H groups in total. The van der Waals surface area contributed by atoms with Crippen LogP contribution < -0.4 is 5.32 Å². The lowest BCUT2D eigenvalue weighted by atomic mass is 9.86. The van der Waals surface area contributed by atoms with Crippen LogP contribution in [0.2, 0.25) is 0 Å². The van der Waals surface area contributed by atoms with Crippen molar-refractivity contribution in [1.82, 2.24) is 10.3 Å². The van der Waals surface area contributed by atoms with Crippen molar-refractivity contribution in [3.63, 3.8) is 0 Å². The van der Waals surface area contributed by atoms with Crippen LogP contribution in [-0.4, -0.2) is 10.9 Å². The first kappa shape index (κ1) is 14.5. The van der Waals surface area contributed by atoms with Crippen molar-refractivity contribution in [3.8, 4) is 0 Å². The third-order valence-electron chi connectivity index (χ3n) is 4.28. The van der Waals surface area contributed by atoms with Crippen LogP contribution in [0, 0.1) is 5.92 Å². The molecular formula is C17H22N2OS. The second-order valence-electron chi connectivity index (χ2n) is 5.89. The van der Waals surface area contributed by atoms with Gasteiger partial charge in [-0.25, -0.2) is 4.98 Å². The Morgan fingerprint density at radius 1 is 1.24 bits per heavy atom. The molecule has 0 saturated heterocycles. The van der Waals surface area contributed by atoms with E-state index in [1.165, 1.54) is 36.8 Å². The van der Waals surface area contributed by atoms with E-state index in [9.17, 15) is 4.79 Å². The van der Waals surface area contributed by atoms with Crippen molar-refractivity contribution >= 4 is 27.5 Å². The van der Waals surface area contributed by atoms with Crippen molar-refractivity contribution in [2.75, 3.05) is 0 Å². The molecule has 0 atom stereocenters. The topological polar surface area (TPSA) is 42.0 Å². The standard InChI is InChI=1S/C17H22N2OS/c20-16(11-10-13-6-2-1-3-7-13)18-12-17-19-14-8-4-5-9-15(14)21-17/h4-5,8-9,13H,1-3,6-7,10-12H2,(H,18,20). The van der Waals surface area contributed by atoms with E-state index in [0.29, 0.717) is 13.0 Å². The highest BCUT2D eigenvalue weighted by Crippen LogP contribution is 2.27. The molecule has 0 aliphatic heterocycles. The summed E-state index contributed by atoms with van der Waals surface area (Å²) in [6, 6.07) is 8.10. The predicted octanol–water partition coefficient (Wildman–Crippen LogP) is 4.27. The van der Waals surface area contributed by atoms with Crippen LogP contribution in [0.5, 0.6) is 0 Å². The maximum absolute atomic E-state index is 11.9. The molecule has 0 spiro atoms. The molecule has 21 heavy (non-hydrogen) atoms. The van der Waals surface area contributed by atoms with Gasteiger partial charge in [-0.05, 0) is 24.5 Å². The summed E-state index contributed by atoms with van der Waals surface area (Å²) >= 11 is 1.66. The second-order valence-corrected chi connectivity index (χ2v) is 7.01. The van der Waals surface area contributed by atoms with Gasteiger partial charge >= 0.3 is 0 Å². The number of nitrogens with one attached hydrogen (secondary N) is 1. The Balaban J connectivity index is 1.44. The number of hydrogen-bond acceptors (Lipinski definition) is 3. The lowest BCUT2D eigenvalue weighted by Crippen LogP contribution is -2.23. The summed E-state index contributed by atoms with van der Waals surface area (Å²) < 4.78 is 1.18. The van der Waals surface area contributed by atoms with Gasteiger partial charge < -0.3 is 5.32 Å². The van der Waals surface area contributed by atoms with Crippen molar-refractivity contribution in [3.05, 3.63) is 29.3 Å². The average molecular weight is 302 g/mol. The highest BCUT2D eigenvalue weighted by molar-refractivity contribution is 7.18. The SMILES string of the molecule is O=C(CCC1CCCCC1)NCc1nc2ccccc2s1. The minimum atomic E-state index is 0.167. The largest absolute Gasteiger partial charge is 0.350 e. The van der Waals surface area contributed by atoms with Gasteiger partial charge in [0.2, 0.25) is 5.91 Å². The highest BCUT2D eigenvalue weighted by atomic mass is 32.1. The van der Waals surface area contributed by atoms with E-state index in [1.54, 1.807) is 11.3 Å². The zero-order chi connectivity index (χ0) is 14.5. The Morgan fingerprint density at radius 2 is 2.05 bits per heavy atom. The van der Waals surface area contributed by atoms with Gasteiger partial charge in [0.1, 0.15) is 5.01 Å². The van der Waals surface area contributed by atoms with Gasteiger partial charge in [0.05, 0.1) is 16.8 Å². The molecule has 1 aliphatic rings. The lowest BCUT2D eigenvalue weighted by Gasteiger charge is -2.20. The number of carbonyl (C=O) groups is 1. The molecule has 1 saturated carbocycles. The van der Waals surface area contributed by atoms with Crippen molar-refractivity contribution in [1.29, 1.82) is 0 Å². The minimum absolute atomic E-state index is 0.167. The first-order valence-corrected chi connectivity index (χ1v) is 8.74. The monoisotopic (exact) mass is 302 g/mol. The molecular weight excluding hydrogens is 280 g/mol. The number of hydrogen-bond donors (Lipinski definition) is 1. The number of carbonyl (C=O) groups excluding carboxylic acids is 1. The van der Waals surface area contributed by atoms with Crippen molar-refractivity contribution in [2.24, 2.45) is 5.92 Å². The molecule has 1 fully saturated rings. The zero-order valence-corrected chi connectivity index (χ0v) is 13.1. The van der Waals surface area contributed by atoms with Gasteiger partial charge in [0.25, 0.3) is 0 Å². The Bertz CT molecular complexity index is 569. The molecule has 4 heteroatoms. The van der Waals surface area contributed by atoms with Gasteiger partial charge in [-0.15, -0.1) is 11.3 Å². The van der Waals surface area contributed by atoms with Gasteiger partial charge in [-0.3, -0.25) is 4.79 Å². The van der Waals surface area contributed by atoms with E-state index in [4.69, 9.17) is 0 Å². The second kappa shape index (κ2) is 7.03. The highest BCUT2D eigenvalue weighted by Gasteiger charge is 2.14. The van der Waals surface area contributed by atoms with Crippen molar-refractivity contribution in [2.45, 2.75) is 51.5 Å². The van der Waals surface area contributed by atoms with E-state index in [2.05, 4.69) is 16.4 Å². The average Bonchev–Trinajstić information content (AvgIpc) is 2.95. The number of nitrogens with zero attached hydrogens (tertiary/aromatic N) is 1. The minimum Gasteiger partial charge on any atom is -0.350 e. The lowest BCUT2D eigenvalue weighted by molar-refractivity contribution is -0.121. The third kappa shape index (κ3) is 4.03. The first-order valence-electron chi connectivity index (χ1n) is 7.92. The number of rotatable bonds is 5. The predicted molar refractivity (Wildman–Crippen MR) is 87.3 cm³/mol. The summed E-state index contributed by atoms with van der Waals surface area (Å²) in [5.41, 5.74) is 1.02. The molecule has 3 rings (SSSR count). The van der Waals surface area contributed by atoms with Crippen molar-refractivity contribution < 1.29 is 4.79 Å². The van der Waals surface area contributed by atoms with E-state index in [0.717, 1.165) is 22.9 Å². The van der Waals surface area contributed by atoms with E-state index >= 15 is 0 Å². The fourth-order valence-corrected chi connectivity index (χ4v) is 3.98. The van der Waals surface area contributed by atoms with Gasteiger partial charge in [-0.1, -0.05) is 44.2 Å². The molecule has 0 unspecified atom stereocenters. The van der Waals surface area contributed by atoms with Crippen LogP contribution in [0.25, 0.3) is 10.2 Å². The fourth-order valence-electron chi connectivity index (χ4n) is 3.07. The Morgan fingerprint density at radius 3 is 2.86 bits per heavy atom. The molecule has 1 amide bonds. The number of aromatic nitrogens is 1. The van der Waals surface area contributed by atoms with Crippen LogP contribution in [0.4, 0.5) is 0 Å². The van der Waals surface area contributed by atoms with Crippen LogP contribution in [0.3, 0.4) is 0 Å². The quantitative estimate of drug-likeness (QED) is 0.896. The maximum atomic E-state index is 11.9. The fraction of sp³-hybridized carbons (Fsp3) is 0.529. The molecule has 1 aromatic carbocycles. The molecule has 3 nitrogen and oxygen atoms in total. The summed E-state index contributed by atoms with van der Waals surface area (Å²) in [5.74, 6) is 0.937. The smallest absolute Gasteiger partial charge is 0.220 e. The molecule has 1 aliphatic carbocycles. The molecule has 0 radical (unpaired) electrons. The molecule has 0 bridgehead atoms. The normalized spacial score (nSPS) is 16.2. The Hall–Kier alpha value is -1.42. The number of benzene rings is 1. The van der Waals surface area contributed by atoms with Gasteiger partial charge in [0.15, 0.2) is 0 Å². The van der Waals surface area contributed by atoms with E-state index in [1.807, 2.05) is 18.2 Å².